The maximum absolute atomic E-state index is 10.9. The molecule has 0 aromatic heterocycles. The van der Waals surface area contributed by atoms with Crippen molar-refractivity contribution in [3.05, 3.63) is 23.8 Å². The van der Waals surface area contributed by atoms with Gasteiger partial charge in [-0.15, -0.1) is 0 Å². The van der Waals surface area contributed by atoms with Crippen LogP contribution in [0.4, 0.5) is 5.69 Å². The minimum absolute atomic E-state index is 0.245. The summed E-state index contributed by atoms with van der Waals surface area (Å²) in [6.07, 6.45) is 0. The van der Waals surface area contributed by atoms with Crippen LogP contribution in [0.25, 0.3) is 0 Å². The summed E-state index contributed by atoms with van der Waals surface area (Å²) in [5.41, 5.74) is 6.31. The average Bonchev–Trinajstić information content (AvgIpc) is 2.27. The van der Waals surface area contributed by atoms with Gasteiger partial charge in [0.1, 0.15) is 11.8 Å². The van der Waals surface area contributed by atoms with E-state index in [4.69, 9.17) is 15.6 Å². The fourth-order valence-electron chi connectivity index (χ4n) is 1.39. The lowest BCUT2D eigenvalue weighted by Crippen LogP contribution is -2.21. The molecule has 0 saturated heterocycles. The van der Waals surface area contributed by atoms with Gasteiger partial charge < -0.3 is 20.9 Å². The highest BCUT2D eigenvalue weighted by molar-refractivity contribution is 5.89. The molecule has 0 aliphatic heterocycles. The number of carbonyl (C=O) groups is 2. The molecule has 1 unspecified atom stereocenters. The molecule has 1 rings (SSSR count). The number of hydrogen-bond acceptors (Lipinski definition) is 4. The highest BCUT2D eigenvalue weighted by Gasteiger charge is 2.19. The Morgan fingerprint density at radius 2 is 2.12 bits per heavy atom. The maximum Gasteiger partial charge on any atom is 0.325 e. The number of aliphatic carboxylic acids is 1. The summed E-state index contributed by atoms with van der Waals surface area (Å²) in [6.45, 7) is 1.36. The molecule has 92 valence electrons. The number of ether oxygens (including phenoxy) is 1. The molecular weight excluding hydrogens is 224 g/mol. The van der Waals surface area contributed by atoms with Crippen molar-refractivity contribution >= 4 is 17.6 Å². The molecule has 0 saturated carbocycles. The van der Waals surface area contributed by atoms with Gasteiger partial charge in [0.25, 0.3) is 0 Å². The number of amides is 1. The zero-order valence-corrected chi connectivity index (χ0v) is 9.56. The van der Waals surface area contributed by atoms with Gasteiger partial charge in [-0.1, -0.05) is 0 Å². The third-order valence-corrected chi connectivity index (χ3v) is 2.15. The predicted octanol–water partition coefficient (Wildman–Crippen LogP) is 0.738. The number of hydrogen-bond donors (Lipinski definition) is 3. The van der Waals surface area contributed by atoms with Crippen LogP contribution in [0.2, 0.25) is 0 Å². The Labute approximate surface area is 98.4 Å². The number of carboxylic acid groups (broad SMARTS) is 1. The van der Waals surface area contributed by atoms with Crippen molar-refractivity contribution in [3.63, 3.8) is 0 Å². The number of benzene rings is 1. The molecule has 17 heavy (non-hydrogen) atoms. The topological polar surface area (TPSA) is 102 Å². The zero-order chi connectivity index (χ0) is 13.0. The van der Waals surface area contributed by atoms with Crippen LogP contribution in [0, 0.1) is 0 Å². The van der Waals surface area contributed by atoms with Gasteiger partial charge >= 0.3 is 5.97 Å². The first-order chi connectivity index (χ1) is 7.95. The smallest absolute Gasteiger partial charge is 0.325 e. The van der Waals surface area contributed by atoms with Crippen molar-refractivity contribution in [1.82, 2.24) is 0 Å². The molecule has 0 fully saturated rings. The predicted molar refractivity (Wildman–Crippen MR) is 61.9 cm³/mol. The standard InChI is InChI=1S/C11H14N2O4/c1-6(14)13-7-3-4-9(17-2)8(5-7)10(12)11(15)16/h3-5,10H,12H2,1-2H3,(H,13,14)(H,15,16). The second-order valence-electron chi connectivity index (χ2n) is 3.45. The van der Waals surface area contributed by atoms with Crippen LogP contribution in [0.15, 0.2) is 18.2 Å². The molecular formula is C11H14N2O4. The average molecular weight is 238 g/mol. The quantitative estimate of drug-likeness (QED) is 0.718. The second kappa shape index (κ2) is 5.31. The highest BCUT2D eigenvalue weighted by Crippen LogP contribution is 2.27. The van der Waals surface area contributed by atoms with Gasteiger partial charge in [-0.3, -0.25) is 9.59 Å². The largest absolute Gasteiger partial charge is 0.496 e. The van der Waals surface area contributed by atoms with Crippen LogP contribution in [0.3, 0.4) is 0 Å². The van der Waals surface area contributed by atoms with E-state index < -0.39 is 12.0 Å². The molecule has 6 heteroatoms. The molecule has 1 aromatic rings. The van der Waals surface area contributed by atoms with Crippen molar-refractivity contribution in [1.29, 1.82) is 0 Å². The molecule has 0 bridgehead atoms. The van der Waals surface area contributed by atoms with Crippen LogP contribution in [0.1, 0.15) is 18.5 Å². The third kappa shape index (κ3) is 3.18. The molecule has 1 atom stereocenters. The van der Waals surface area contributed by atoms with Gasteiger partial charge in [0.2, 0.25) is 5.91 Å². The van der Waals surface area contributed by atoms with Crippen LogP contribution < -0.4 is 15.8 Å². The van der Waals surface area contributed by atoms with Crippen LogP contribution >= 0.6 is 0 Å². The first kappa shape index (κ1) is 13.0. The molecule has 0 heterocycles. The fourth-order valence-corrected chi connectivity index (χ4v) is 1.39. The second-order valence-corrected chi connectivity index (χ2v) is 3.45. The Morgan fingerprint density at radius 3 is 2.59 bits per heavy atom. The number of carboxylic acids is 1. The number of rotatable bonds is 4. The van der Waals surface area contributed by atoms with E-state index in [1.54, 1.807) is 12.1 Å². The summed E-state index contributed by atoms with van der Waals surface area (Å²) in [4.78, 5) is 21.7. The number of carbonyl (C=O) groups excluding carboxylic acids is 1. The summed E-state index contributed by atoms with van der Waals surface area (Å²) < 4.78 is 5.02. The lowest BCUT2D eigenvalue weighted by molar-refractivity contribution is -0.138. The van der Waals surface area contributed by atoms with Crippen molar-refractivity contribution in [2.24, 2.45) is 5.73 Å². The molecule has 0 spiro atoms. The van der Waals surface area contributed by atoms with Crippen molar-refractivity contribution in [2.45, 2.75) is 13.0 Å². The van der Waals surface area contributed by atoms with Crippen LogP contribution in [0.5, 0.6) is 5.75 Å². The summed E-state index contributed by atoms with van der Waals surface area (Å²) in [5.74, 6) is -1.04. The minimum Gasteiger partial charge on any atom is -0.496 e. The van der Waals surface area contributed by atoms with Gasteiger partial charge in [-0.25, -0.2) is 0 Å². The monoisotopic (exact) mass is 238 g/mol. The van der Waals surface area contributed by atoms with E-state index in [-0.39, 0.29) is 5.91 Å². The Kier molecular flexibility index (Phi) is 4.06. The van der Waals surface area contributed by atoms with E-state index in [1.807, 2.05) is 0 Å². The molecule has 0 aliphatic carbocycles. The van der Waals surface area contributed by atoms with Gasteiger partial charge in [0.15, 0.2) is 0 Å². The van der Waals surface area contributed by atoms with E-state index in [2.05, 4.69) is 5.32 Å². The van der Waals surface area contributed by atoms with Gasteiger partial charge in [0, 0.05) is 18.2 Å². The van der Waals surface area contributed by atoms with E-state index in [1.165, 1.54) is 20.1 Å². The molecule has 1 aromatic carbocycles. The van der Waals surface area contributed by atoms with Crippen LogP contribution in [-0.4, -0.2) is 24.1 Å². The van der Waals surface area contributed by atoms with E-state index in [0.29, 0.717) is 17.0 Å². The molecule has 6 nitrogen and oxygen atoms in total. The summed E-state index contributed by atoms with van der Waals surface area (Å²) >= 11 is 0. The van der Waals surface area contributed by atoms with E-state index >= 15 is 0 Å². The van der Waals surface area contributed by atoms with Gasteiger partial charge in [-0.2, -0.15) is 0 Å². The normalized spacial score (nSPS) is 11.7. The number of anilines is 1. The number of nitrogens with two attached hydrogens (primary N) is 1. The first-order valence-electron chi connectivity index (χ1n) is 4.89. The Balaban J connectivity index is 3.14. The summed E-state index contributed by atoms with van der Waals surface area (Å²) in [7, 11) is 1.42. The van der Waals surface area contributed by atoms with Crippen LogP contribution in [-0.2, 0) is 9.59 Å². The maximum atomic E-state index is 10.9. The Hall–Kier alpha value is -2.08. The Bertz CT molecular complexity index is 445. The summed E-state index contributed by atoms with van der Waals surface area (Å²) in [6, 6.07) is 3.46. The van der Waals surface area contributed by atoms with Gasteiger partial charge in [0.05, 0.1) is 7.11 Å². The fraction of sp³-hybridized carbons (Fsp3) is 0.273. The molecule has 1 amide bonds. The lowest BCUT2D eigenvalue weighted by Gasteiger charge is -2.13. The van der Waals surface area contributed by atoms with E-state index in [9.17, 15) is 9.59 Å². The zero-order valence-electron chi connectivity index (χ0n) is 9.56. The SMILES string of the molecule is COc1ccc(NC(C)=O)cc1C(N)C(=O)O. The number of methoxy groups -OCH3 is 1. The molecule has 0 radical (unpaired) electrons. The third-order valence-electron chi connectivity index (χ3n) is 2.15. The summed E-state index contributed by atoms with van der Waals surface area (Å²) in [5, 5.41) is 11.4. The Morgan fingerprint density at radius 1 is 1.47 bits per heavy atom. The van der Waals surface area contributed by atoms with E-state index in [0.717, 1.165) is 0 Å². The highest BCUT2D eigenvalue weighted by atomic mass is 16.5. The molecule has 4 N–H and O–H groups in total. The number of nitrogens with one attached hydrogen (secondary N) is 1. The lowest BCUT2D eigenvalue weighted by atomic mass is 10.1. The van der Waals surface area contributed by atoms with Gasteiger partial charge in [-0.05, 0) is 18.2 Å². The minimum atomic E-state index is -1.20. The first-order valence-corrected chi connectivity index (χ1v) is 4.89. The van der Waals surface area contributed by atoms with Crippen molar-refractivity contribution in [2.75, 3.05) is 12.4 Å². The molecule has 0 aliphatic rings. The van der Waals surface area contributed by atoms with Crippen molar-refractivity contribution in [3.8, 4) is 5.75 Å². The van der Waals surface area contributed by atoms with Crippen molar-refractivity contribution < 1.29 is 19.4 Å².